The molecule has 0 N–H and O–H groups in total. The lowest BCUT2D eigenvalue weighted by Crippen LogP contribution is -2.03. The number of benzene rings is 1. The van der Waals surface area contributed by atoms with E-state index in [2.05, 4.69) is 0 Å². The average Bonchev–Trinajstić information content (AvgIpc) is 2.11. The summed E-state index contributed by atoms with van der Waals surface area (Å²) in [6.45, 7) is 4.40. The SMILES string of the molecule is CCOCOc1cc(C)ccc1F. The van der Waals surface area contributed by atoms with Crippen LogP contribution in [0.3, 0.4) is 0 Å². The Morgan fingerprint density at radius 2 is 2.15 bits per heavy atom. The number of ether oxygens (including phenoxy) is 2. The van der Waals surface area contributed by atoms with Gasteiger partial charge in [0.25, 0.3) is 0 Å². The molecule has 1 aromatic carbocycles. The largest absolute Gasteiger partial charge is 0.464 e. The predicted octanol–water partition coefficient (Wildman–Crippen LogP) is 2.51. The van der Waals surface area contributed by atoms with Crippen molar-refractivity contribution in [3.05, 3.63) is 29.6 Å². The van der Waals surface area contributed by atoms with Crippen molar-refractivity contribution < 1.29 is 13.9 Å². The molecule has 3 heteroatoms. The smallest absolute Gasteiger partial charge is 0.189 e. The van der Waals surface area contributed by atoms with E-state index in [1.165, 1.54) is 6.07 Å². The second-order valence-corrected chi connectivity index (χ2v) is 2.69. The van der Waals surface area contributed by atoms with E-state index in [0.29, 0.717) is 6.61 Å². The van der Waals surface area contributed by atoms with Gasteiger partial charge in [0.1, 0.15) is 0 Å². The van der Waals surface area contributed by atoms with E-state index in [-0.39, 0.29) is 18.4 Å². The summed E-state index contributed by atoms with van der Waals surface area (Å²) in [6.07, 6.45) is 0. The molecule has 0 unspecified atom stereocenters. The van der Waals surface area contributed by atoms with Crippen LogP contribution in [0.15, 0.2) is 18.2 Å². The summed E-state index contributed by atoms with van der Waals surface area (Å²) >= 11 is 0. The molecule has 0 aliphatic carbocycles. The summed E-state index contributed by atoms with van der Waals surface area (Å²) in [6, 6.07) is 4.73. The van der Waals surface area contributed by atoms with Crippen LogP contribution in [-0.4, -0.2) is 13.4 Å². The Bertz CT molecular complexity index is 274. The first-order valence-electron chi connectivity index (χ1n) is 4.20. The van der Waals surface area contributed by atoms with E-state index in [4.69, 9.17) is 9.47 Å². The first-order chi connectivity index (χ1) is 6.24. The van der Waals surface area contributed by atoms with Gasteiger partial charge in [0.05, 0.1) is 0 Å². The van der Waals surface area contributed by atoms with Crippen molar-refractivity contribution in [2.45, 2.75) is 13.8 Å². The molecule has 0 fully saturated rings. The highest BCUT2D eigenvalue weighted by Crippen LogP contribution is 2.17. The lowest BCUT2D eigenvalue weighted by atomic mass is 10.2. The van der Waals surface area contributed by atoms with Gasteiger partial charge >= 0.3 is 0 Å². The van der Waals surface area contributed by atoms with E-state index in [9.17, 15) is 4.39 Å². The molecule has 0 spiro atoms. The van der Waals surface area contributed by atoms with E-state index >= 15 is 0 Å². The summed E-state index contributed by atoms with van der Waals surface area (Å²) < 4.78 is 23.0. The van der Waals surface area contributed by atoms with Crippen molar-refractivity contribution in [3.63, 3.8) is 0 Å². The minimum Gasteiger partial charge on any atom is -0.464 e. The summed E-state index contributed by atoms with van der Waals surface area (Å²) in [4.78, 5) is 0. The topological polar surface area (TPSA) is 18.5 Å². The van der Waals surface area contributed by atoms with Crippen LogP contribution in [0.1, 0.15) is 12.5 Å². The van der Waals surface area contributed by atoms with Crippen LogP contribution in [0.25, 0.3) is 0 Å². The number of hydrogen-bond donors (Lipinski definition) is 0. The van der Waals surface area contributed by atoms with Gasteiger partial charge in [-0.05, 0) is 31.5 Å². The zero-order valence-corrected chi connectivity index (χ0v) is 7.84. The Morgan fingerprint density at radius 3 is 2.85 bits per heavy atom. The highest BCUT2D eigenvalue weighted by Gasteiger charge is 2.02. The molecule has 0 bridgehead atoms. The maximum atomic E-state index is 13.0. The molecule has 0 saturated carbocycles. The van der Waals surface area contributed by atoms with Gasteiger partial charge in [-0.1, -0.05) is 6.07 Å². The molecular weight excluding hydrogens is 171 g/mol. The minimum absolute atomic E-state index is 0.0941. The molecule has 0 aliphatic heterocycles. The molecule has 0 radical (unpaired) electrons. The number of hydrogen-bond acceptors (Lipinski definition) is 2. The zero-order valence-electron chi connectivity index (χ0n) is 7.84. The summed E-state index contributed by atoms with van der Waals surface area (Å²) in [5, 5.41) is 0. The second kappa shape index (κ2) is 4.82. The van der Waals surface area contributed by atoms with Crippen molar-refractivity contribution in [2.75, 3.05) is 13.4 Å². The predicted molar refractivity (Wildman–Crippen MR) is 48.3 cm³/mol. The lowest BCUT2D eigenvalue weighted by molar-refractivity contribution is 0.0201. The summed E-state index contributed by atoms with van der Waals surface area (Å²) in [5.74, 6) is -0.112. The van der Waals surface area contributed by atoms with Gasteiger partial charge in [0.15, 0.2) is 18.4 Å². The Kier molecular flexibility index (Phi) is 3.71. The fourth-order valence-electron chi connectivity index (χ4n) is 0.910. The Labute approximate surface area is 77.3 Å². The molecule has 0 heterocycles. The highest BCUT2D eigenvalue weighted by atomic mass is 19.1. The van der Waals surface area contributed by atoms with Crippen molar-refractivity contribution in [1.82, 2.24) is 0 Å². The van der Waals surface area contributed by atoms with Crippen LogP contribution in [0.2, 0.25) is 0 Å². The maximum absolute atomic E-state index is 13.0. The molecule has 0 atom stereocenters. The van der Waals surface area contributed by atoms with Gasteiger partial charge in [-0.3, -0.25) is 0 Å². The normalized spacial score (nSPS) is 10.1. The molecule has 1 aromatic rings. The second-order valence-electron chi connectivity index (χ2n) is 2.69. The van der Waals surface area contributed by atoms with Crippen LogP contribution in [0.4, 0.5) is 4.39 Å². The molecule has 1 rings (SSSR count). The fraction of sp³-hybridized carbons (Fsp3) is 0.400. The van der Waals surface area contributed by atoms with E-state index < -0.39 is 0 Å². The van der Waals surface area contributed by atoms with Gasteiger partial charge < -0.3 is 9.47 Å². The molecule has 0 aromatic heterocycles. The molecule has 13 heavy (non-hydrogen) atoms. The Balaban J connectivity index is 2.59. The van der Waals surface area contributed by atoms with Crippen molar-refractivity contribution in [2.24, 2.45) is 0 Å². The van der Waals surface area contributed by atoms with E-state index in [1.54, 1.807) is 12.1 Å². The quantitative estimate of drug-likeness (QED) is 0.528. The molecule has 2 nitrogen and oxygen atoms in total. The zero-order chi connectivity index (χ0) is 9.68. The summed E-state index contributed by atoms with van der Waals surface area (Å²) in [7, 11) is 0. The third-order valence-electron chi connectivity index (χ3n) is 1.59. The molecule has 0 aliphatic rings. The van der Waals surface area contributed by atoms with Gasteiger partial charge in [0.2, 0.25) is 0 Å². The monoisotopic (exact) mass is 184 g/mol. The molecule has 0 amide bonds. The minimum atomic E-state index is -0.356. The Morgan fingerprint density at radius 1 is 1.38 bits per heavy atom. The molecule has 72 valence electrons. The number of aryl methyl sites for hydroxylation is 1. The number of halogens is 1. The molecular formula is C10H13FO2. The average molecular weight is 184 g/mol. The van der Waals surface area contributed by atoms with Crippen LogP contribution >= 0.6 is 0 Å². The third-order valence-corrected chi connectivity index (χ3v) is 1.59. The van der Waals surface area contributed by atoms with Gasteiger partial charge in [-0.15, -0.1) is 0 Å². The van der Waals surface area contributed by atoms with Crippen molar-refractivity contribution in [3.8, 4) is 5.75 Å². The maximum Gasteiger partial charge on any atom is 0.189 e. The lowest BCUT2D eigenvalue weighted by Gasteiger charge is -2.07. The highest BCUT2D eigenvalue weighted by molar-refractivity contribution is 5.29. The van der Waals surface area contributed by atoms with Gasteiger partial charge in [-0.2, -0.15) is 0 Å². The standard InChI is InChI=1S/C10H13FO2/c1-3-12-7-13-10-6-8(2)4-5-9(10)11/h4-6H,3,7H2,1-2H3. The first-order valence-corrected chi connectivity index (χ1v) is 4.20. The van der Waals surface area contributed by atoms with Crippen LogP contribution in [-0.2, 0) is 4.74 Å². The van der Waals surface area contributed by atoms with Crippen LogP contribution < -0.4 is 4.74 Å². The van der Waals surface area contributed by atoms with E-state index in [1.807, 2.05) is 13.8 Å². The van der Waals surface area contributed by atoms with Crippen molar-refractivity contribution >= 4 is 0 Å². The fourth-order valence-corrected chi connectivity index (χ4v) is 0.910. The molecule has 0 saturated heterocycles. The Hall–Kier alpha value is -1.09. The van der Waals surface area contributed by atoms with Gasteiger partial charge in [-0.25, -0.2) is 4.39 Å². The van der Waals surface area contributed by atoms with E-state index in [0.717, 1.165) is 5.56 Å². The summed E-state index contributed by atoms with van der Waals surface area (Å²) in [5.41, 5.74) is 0.966. The number of rotatable bonds is 4. The van der Waals surface area contributed by atoms with Crippen molar-refractivity contribution in [1.29, 1.82) is 0 Å². The van der Waals surface area contributed by atoms with Crippen LogP contribution in [0, 0.1) is 12.7 Å². The van der Waals surface area contributed by atoms with Crippen LogP contribution in [0.5, 0.6) is 5.75 Å². The van der Waals surface area contributed by atoms with Gasteiger partial charge in [0, 0.05) is 6.61 Å². The first kappa shape index (κ1) is 9.99. The third kappa shape index (κ3) is 3.03.